The van der Waals surface area contributed by atoms with Gasteiger partial charge in [0.15, 0.2) is 0 Å². The summed E-state index contributed by atoms with van der Waals surface area (Å²) in [5.41, 5.74) is 4.79. The van der Waals surface area contributed by atoms with Crippen LogP contribution in [0.1, 0.15) is 30.0 Å². The van der Waals surface area contributed by atoms with Gasteiger partial charge in [-0.2, -0.15) is 0 Å². The Hall–Kier alpha value is -2.69. The van der Waals surface area contributed by atoms with Crippen LogP contribution in [0.15, 0.2) is 73.1 Å². The highest BCUT2D eigenvalue weighted by atomic mass is 16.5. The Balaban J connectivity index is 1.53. The lowest BCUT2D eigenvalue weighted by atomic mass is 9.92. The van der Waals surface area contributed by atoms with E-state index in [-0.39, 0.29) is 0 Å². The number of pyridine rings is 1. The first-order valence-electron chi connectivity index (χ1n) is 9.94. The van der Waals surface area contributed by atoms with Crippen LogP contribution in [0.3, 0.4) is 0 Å². The van der Waals surface area contributed by atoms with E-state index in [0.717, 1.165) is 36.4 Å². The molecular formula is C24H27N3O. The summed E-state index contributed by atoms with van der Waals surface area (Å²) in [6.45, 7) is 1.84. The van der Waals surface area contributed by atoms with E-state index in [2.05, 4.69) is 64.1 Å². The van der Waals surface area contributed by atoms with Gasteiger partial charge in [0.1, 0.15) is 5.75 Å². The number of nitrogens with zero attached hydrogens (tertiary/aromatic N) is 1. The fraction of sp³-hybridized carbons (Fsp3) is 0.292. The largest absolute Gasteiger partial charge is 0.496 e. The van der Waals surface area contributed by atoms with Crippen molar-refractivity contribution in [3.8, 4) is 16.9 Å². The number of rotatable bonds is 6. The standard InChI is InChI=1S/C24H27N3O/c1-28-23-12-11-19(20-9-5-13-25-16-20)15-21(23)17-27-22-10-6-14-26-24(22)18-7-3-2-4-8-18/h2-5,7-9,11-13,15-16,22,24,26-27H,6,10,14,17H2,1H3/t22-,24-/m0/s1. The van der Waals surface area contributed by atoms with Crippen LogP contribution in [-0.4, -0.2) is 24.7 Å². The minimum atomic E-state index is 0.336. The van der Waals surface area contributed by atoms with Gasteiger partial charge in [-0.25, -0.2) is 0 Å². The molecule has 1 fully saturated rings. The summed E-state index contributed by atoms with van der Waals surface area (Å²) >= 11 is 0. The maximum absolute atomic E-state index is 5.62. The van der Waals surface area contributed by atoms with Gasteiger partial charge in [0, 0.05) is 42.1 Å². The maximum Gasteiger partial charge on any atom is 0.123 e. The normalized spacial score (nSPS) is 19.3. The van der Waals surface area contributed by atoms with Gasteiger partial charge in [-0.15, -0.1) is 0 Å². The summed E-state index contributed by atoms with van der Waals surface area (Å²) in [7, 11) is 1.73. The molecule has 2 heterocycles. The second kappa shape index (κ2) is 9.00. The van der Waals surface area contributed by atoms with Crippen molar-refractivity contribution in [2.24, 2.45) is 0 Å². The lowest BCUT2D eigenvalue weighted by Crippen LogP contribution is -2.45. The molecule has 0 spiro atoms. The third kappa shape index (κ3) is 4.24. The second-order valence-corrected chi connectivity index (χ2v) is 7.24. The first kappa shape index (κ1) is 18.7. The molecule has 1 saturated heterocycles. The van der Waals surface area contributed by atoms with Gasteiger partial charge in [-0.05, 0) is 48.7 Å². The van der Waals surface area contributed by atoms with Crippen LogP contribution in [0.5, 0.6) is 5.75 Å². The molecule has 1 aromatic heterocycles. The molecule has 0 bridgehead atoms. The Morgan fingerprint density at radius 1 is 1.07 bits per heavy atom. The third-order valence-electron chi connectivity index (χ3n) is 5.45. The molecule has 144 valence electrons. The molecule has 2 aromatic carbocycles. The maximum atomic E-state index is 5.62. The van der Waals surface area contributed by atoms with Crippen LogP contribution in [-0.2, 0) is 6.54 Å². The van der Waals surface area contributed by atoms with Crippen molar-refractivity contribution in [1.82, 2.24) is 15.6 Å². The molecule has 0 radical (unpaired) electrons. The molecule has 1 aliphatic rings. The first-order valence-corrected chi connectivity index (χ1v) is 9.94. The lowest BCUT2D eigenvalue weighted by Gasteiger charge is -2.34. The van der Waals surface area contributed by atoms with Crippen molar-refractivity contribution in [1.29, 1.82) is 0 Å². The van der Waals surface area contributed by atoms with Gasteiger partial charge in [0.05, 0.1) is 7.11 Å². The van der Waals surface area contributed by atoms with Crippen LogP contribution < -0.4 is 15.4 Å². The van der Waals surface area contributed by atoms with E-state index in [4.69, 9.17) is 4.74 Å². The van der Waals surface area contributed by atoms with Crippen molar-refractivity contribution in [2.75, 3.05) is 13.7 Å². The molecule has 0 amide bonds. The van der Waals surface area contributed by atoms with Crippen LogP contribution in [0.4, 0.5) is 0 Å². The fourth-order valence-electron chi connectivity index (χ4n) is 3.99. The van der Waals surface area contributed by atoms with Gasteiger partial charge in [0.2, 0.25) is 0 Å². The third-order valence-corrected chi connectivity index (χ3v) is 5.45. The van der Waals surface area contributed by atoms with Crippen LogP contribution in [0.25, 0.3) is 11.1 Å². The van der Waals surface area contributed by atoms with Crippen molar-refractivity contribution in [3.05, 3.63) is 84.2 Å². The predicted octanol–water partition coefficient (Wildman–Crippen LogP) is 4.34. The first-order chi connectivity index (χ1) is 13.8. The van der Waals surface area contributed by atoms with Gasteiger partial charge in [-0.1, -0.05) is 42.5 Å². The van der Waals surface area contributed by atoms with Crippen molar-refractivity contribution in [2.45, 2.75) is 31.5 Å². The highest BCUT2D eigenvalue weighted by Gasteiger charge is 2.25. The zero-order chi connectivity index (χ0) is 19.2. The number of hydrogen-bond acceptors (Lipinski definition) is 4. The summed E-state index contributed by atoms with van der Waals surface area (Å²) in [5.74, 6) is 0.917. The number of aromatic nitrogens is 1. The monoisotopic (exact) mass is 373 g/mol. The quantitative estimate of drug-likeness (QED) is 0.675. The second-order valence-electron chi connectivity index (χ2n) is 7.24. The highest BCUT2D eigenvalue weighted by Crippen LogP contribution is 2.28. The fourth-order valence-corrected chi connectivity index (χ4v) is 3.99. The summed E-state index contributed by atoms with van der Waals surface area (Å²) in [6.07, 6.45) is 6.05. The zero-order valence-corrected chi connectivity index (χ0v) is 16.3. The van der Waals surface area contributed by atoms with E-state index in [1.807, 2.05) is 18.3 Å². The van der Waals surface area contributed by atoms with Crippen LogP contribution in [0.2, 0.25) is 0 Å². The van der Waals surface area contributed by atoms with Crippen molar-refractivity contribution in [3.63, 3.8) is 0 Å². The minimum absolute atomic E-state index is 0.336. The Morgan fingerprint density at radius 2 is 1.96 bits per heavy atom. The smallest absolute Gasteiger partial charge is 0.123 e. The SMILES string of the molecule is COc1ccc(-c2cccnc2)cc1CN[C@H]1CCCN[C@H]1c1ccccc1. The molecule has 2 atom stereocenters. The van der Waals surface area contributed by atoms with E-state index in [1.165, 1.54) is 17.5 Å². The number of hydrogen-bond donors (Lipinski definition) is 2. The predicted molar refractivity (Wildman–Crippen MR) is 113 cm³/mol. The number of ether oxygens (including phenoxy) is 1. The average Bonchev–Trinajstić information content (AvgIpc) is 2.79. The van der Waals surface area contributed by atoms with Gasteiger partial charge in [0.25, 0.3) is 0 Å². The lowest BCUT2D eigenvalue weighted by molar-refractivity contribution is 0.303. The van der Waals surface area contributed by atoms with Crippen molar-refractivity contribution >= 4 is 0 Å². The molecular weight excluding hydrogens is 346 g/mol. The van der Waals surface area contributed by atoms with Gasteiger partial charge < -0.3 is 15.4 Å². The van der Waals surface area contributed by atoms with Gasteiger partial charge >= 0.3 is 0 Å². The molecule has 4 rings (SSSR count). The number of nitrogens with one attached hydrogen (secondary N) is 2. The molecule has 28 heavy (non-hydrogen) atoms. The van der Waals surface area contributed by atoms with E-state index in [0.29, 0.717) is 12.1 Å². The Labute approximate surface area is 167 Å². The van der Waals surface area contributed by atoms with Crippen LogP contribution >= 0.6 is 0 Å². The van der Waals surface area contributed by atoms with E-state index in [1.54, 1.807) is 13.3 Å². The summed E-state index contributed by atoms with van der Waals surface area (Å²) in [5, 5.41) is 7.47. The average molecular weight is 374 g/mol. The molecule has 3 aromatic rings. The summed E-state index contributed by atoms with van der Waals surface area (Å²) in [6, 6.07) is 21.8. The van der Waals surface area contributed by atoms with Crippen LogP contribution in [0, 0.1) is 0 Å². The van der Waals surface area contributed by atoms with Gasteiger partial charge in [-0.3, -0.25) is 4.98 Å². The van der Waals surface area contributed by atoms with E-state index >= 15 is 0 Å². The minimum Gasteiger partial charge on any atom is -0.496 e. The summed E-state index contributed by atoms with van der Waals surface area (Å²) < 4.78 is 5.62. The molecule has 0 unspecified atom stereocenters. The Bertz CT molecular complexity index is 883. The highest BCUT2D eigenvalue weighted by molar-refractivity contribution is 5.64. The van der Waals surface area contributed by atoms with Crippen molar-refractivity contribution < 1.29 is 4.74 Å². The number of piperidine rings is 1. The zero-order valence-electron chi connectivity index (χ0n) is 16.3. The number of methoxy groups -OCH3 is 1. The Kier molecular flexibility index (Phi) is 6.00. The molecule has 4 heteroatoms. The molecule has 0 saturated carbocycles. The molecule has 0 aliphatic carbocycles. The summed E-state index contributed by atoms with van der Waals surface area (Å²) in [4.78, 5) is 4.24. The topological polar surface area (TPSA) is 46.2 Å². The van der Waals surface area contributed by atoms with E-state index < -0.39 is 0 Å². The Morgan fingerprint density at radius 3 is 2.75 bits per heavy atom. The molecule has 1 aliphatic heterocycles. The molecule has 2 N–H and O–H groups in total. The number of benzene rings is 2. The molecule has 4 nitrogen and oxygen atoms in total. The van der Waals surface area contributed by atoms with E-state index in [9.17, 15) is 0 Å².